The van der Waals surface area contributed by atoms with Crippen LogP contribution in [0.15, 0.2) is 65.6 Å². The minimum atomic E-state index is -3.83. The number of rotatable bonds is 9. The predicted octanol–water partition coefficient (Wildman–Crippen LogP) is 5.38. The number of nitrogens with one attached hydrogen (secondary N) is 2. The van der Waals surface area contributed by atoms with Gasteiger partial charge in [0.05, 0.1) is 4.90 Å². The molecule has 33 heavy (non-hydrogen) atoms. The number of amides is 1. The van der Waals surface area contributed by atoms with E-state index < -0.39 is 10.0 Å². The highest BCUT2D eigenvalue weighted by Gasteiger charge is 2.19. The number of anilines is 1. The molecular formula is C26H30N2O3S2. The number of aryl methyl sites for hydroxylation is 4. The average molecular weight is 483 g/mol. The Morgan fingerprint density at radius 3 is 2.27 bits per heavy atom. The van der Waals surface area contributed by atoms with E-state index in [1.54, 1.807) is 43.0 Å². The van der Waals surface area contributed by atoms with Crippen LogP contribution in [-0.2, 0) is 15.8 Å². The Kier molecular flexibility index (Phi) is 8.21. The Morgan fingerprint density at radius 2 is 1.58 bits per heavy atom. The Hall–Kier alpha value is -2.77. The van der Waals surface area contributed by atoms with Gasteiger partial charge in [0.2, 0.25) is 0 Å². The van der Waals surface area contributed by atoms with E-state index in [1.165, 1.54) is 17.2 Å². The first kappa shape index (κ1) is 24.9. The lowest BCUT2D eigenvalue weighted by Crippen LogP contribution is -2.26. The van der Waals surface area contributed by atoms with Crippen molar-refractivity contribution >= 4 is 33.4 Å². The molecule has 0 aliphatic rings. The highest BCUT2D eigenvalue weighted by Crippen LogP contribution is 2.22. The molecule has 0 bridgehead atoms. The predicted molar refractivity (Wildman–Crippen MR) is 138 cm³/mol. The lowest BCUT2D eigenvalue weighted by Gasteiger charge is -2.13. The van der Waals surface area contributed by atoms with E-state index in [4.69, 9.17) is 0 Å². The summed E-state index contributed by atoms with van der Waals surface area (Å²) < 4.78 is 28.7. The fraction of sp³-hybridized carbons (Fsp3) is 0.269. The topological polar surface area (TPSA) is 75.3 Å². The molecule has 0 saturated carbocycles. The van der Waals surface area contributed by atoms with Gasteiger partial charge in [0.1, 0.15) is 0 Å². The van der Waals surface area contributed by atoms with Crippen molar-refractivity contribution in [1.82, 2.24) is 5.32 Å². The van der Waals surface area contributed by atoms with Gasteiger partial charge in [0.25, 0.3) is 15.9 Å². The first-order valence-electron chi connectivity index (χ1n) is 10.8. The maximum absolute atomic E-state index is 13.0. The third-order valence-electron chi connectivity index (χ3n) is 5.26. The summed E-state index contributed by atoms with van der Waals surface area (Å²) in [6, 6.07) is 18.6. The van der Waals surface area contributed by atoms with Crippen LogP contribution in [-0.4, -0.2) is 26.6 Å². The van der Waals surface area contributed by atoms with Crippen LogP contribution < -0.4 is 10.0 Å². The number of thioether (sulfide) groups is 1. The summed E-state index contributed by atoms with van der Waals surface area (Å²) in [6.07, 6.45) is 0. The summed E-state index contributed by atoms with van der Waals surface area (Å²) in [6.45, 7) is 8.16. The SMILES string of the molecule is Cc1cc(C)cc(NS(=O)(=O)c2cc(C(=O)NCCSCc3ccccc3C)ccc2C)c1. The van der Waals surface area contributed by atoms with Crippen LogP contribution in [0.5, 0.6) is 0 Å². The largest absolute Gasteiger partial charge is 0.351 e. The van der Waals surface area contributed by atoms with Crippen molar-refractivity contribution in [3.63, 3.8) is 0 Å². The second-order valence-corrected chi connectivity index (χ2v) is 11.0. The van der Waals surface area contributed by atoms with Gasteiger partial charge >= 0.3 is 0 Å². The number of carbonyl (C=O) groups is 1. The van der Waals surface area contributed by atoms with Crippen LogP contribution >= 0.6 is 11.8 Å². The maximum atomic E-state index is 13.0. The first-order valence-corrected chi connectivity index (χ1v) is 13.4. The average Bonchev–Trinajstić information content (AvgIpc) is 2.73. The number of benzene rings is 3. The van der Waals surface area contributed by atoms with Gasteiger partial charge in [-0.3, -0.25) is 9.52 Å². The van der Waals surface area contributed by atoms with Crippen LogP contribution in [0.3, 0.4) is 0 Å². The van der Waals surface area contributed by atoms with E-state index in [2.05, 4.69) is 29.1 Å². The van der Waals surface area contributed by atoms with Crippen LogP contribution in [0.2, 0.25) is 0 Å². The zero-order chi connectivity index (χ0) is 24.0. The monoisotopic (exact) mass is 482 g/mol. The molecule has 5 nitrogen and oxygen atoms in total. The molecule has 174 valence electrons. The summed E-state index contributed by atoms with van der Waals surface area (Å²) in [4.78, 5) is 12.7. The van der Waals surface area contributed by atoms with Gasteiger partial charge in [-0.05, 0) is 79.8 Å². The summed E-state index contributed by atoms with van der Waals surface area (Å²) in [5.74, 6) is 1.37. The van der Waals surface area contributed by atoms with Crippen molar-refractivity contribution < 1.29 is 13.2 Å². The van der Waals surface area contributed by atoms with Crippen molar-refractivity contribution in [2.75, 3.05) is 17.0 Å². The molecule has 3 aromatic rings. The molecule has 0 unspecified atom stereocenters. The summed E-state index contributed by atoms with van der Waals surface area (Å²) in [5.41, 5.74) is 5.90. The standard InChI is InChI=1S/C26H30N2O3S2/c1-18-13-19(2)15-24(14-18)28-33(30,31)25-16-22(10-9-21(25)4)26(29)27-11-12-32-17-23-8-6-5-7-20(23)3/h5-10,13-16,28H,11-12,17H2,1-4H3,(H,27,29). The highest BCUT2D eigenvalue weighted by atomic mass is 32.2. The van der Waals surface area contributed by atoms with Gasteiger partial charge in [-0.1, -0.05) is 36.4 Å². The van der Waals surface area contributed by atoms with Gasteiger partial charge in [-0.25, -0.2) is 8.42 Å². The molecule has 0 saturated heterocycles. The molecule has 0 aliphatic carbocycles. The van der Waals surface area contributed by atoms with Crippen LogP contribution in [0.25, 0.3) is 0 Å². The summed E-state index contributed by atoms with van der Waals surface area (Å²) in [7, 11) is -3.83. The van der Waals surface area contributed by atoms with Crippen LogP contribution in [0.1, 0.15) is 38.2 Å². The summed E-state index contributed by atoms with van der Waals surface area (Å²) in [5, 5.41) is 2.89. The fourth-order valence-corrected chi connectivity index (χ4v) is 5.81. The van der Waals surface area contributed by atoms with Crippen molar-refractivity contribution in [2.24, 2.45) is 0 Å². The molecule has 3 rings (SSSR count). The molecule has 0 atom stereocenters. The fourth-order valence-electron chi connectivity index (χ4n) is 3.57. The second-order valence-electron chi connectivity index (χ2n) is 8.20. The lowest BCUT2D eigenvalue weighted by atomic mass is 10.1. The molecule has 3 aromatic carbocycles. The third kappa shape index (κ3) is 6.85. The molecular weight excluding hydrogens is 452 g/mol. The van der Waals surface area contributed by atoms with E-state index in [0.29, 0.717) is 23.4 Å². The Bertz CT molecular complexity index is 1230. The molecule has 0 fully saturated rings. The van der Waals surface area contributed by atoms with Gasteiger partial charge in [-0.2, -0.15) is 11.8 Å². The molecule has 0 radical (unpaired) electrons. The van der Waals surface area contributed by atoms with E-state index >= 15 is 0 Å². The number of hydrogen-bond donors (Lipinski definition) is 2. The van der Waals surface area contributed by atoms with Gasteiger partial charge < -0.3 is 5.32 Å². The zero-order valence-electron chi connectivity index (χ0n) is 19.4. The molecule has 2 N–H and O–H groups in total. The van der Waals surface area contributed by atoms with E-state index in [1.807, 2.05) is 32.0 Å². The molecule has 0 aliphatic heterocycles. The number of hydrogen-bond acceptors (Lipinski definition) is 4. The molecule has 1 amide bonds. The second kappa shape index (κ2) is 10.9. The van der Waals surface area contributed by atoms with Gasteiger partial charge in [0.15, 0.2) is 0 Å². The minimum Gasteiger partial charge on any atom is -0.351 e. The maximum Gasteiger partial charge on any atom is 0.262 e. The minimum absolute atomic E-state index is 0.100. The quantitative estimate of drug-likeness (QED) is 0.401. The molecule has 0 aromatic heterocycles. The number of sulfonamides is 1. The van der Waals surface area contributed by atoms with Crippen LogP contribution in [0, 0.1) is 27.7 Å². The van der Waals surface area contributed by atoms with Crippen molar-refractivity contribution in [1.29, 1.82) is 0 Å². The third-order valence-corrected chi connectivity index (χ3v) is 7.80. The van der Waals surface area contributed by atoms with E-state index in [9.17, 15) is 13.2 Å². The molecule has 0 spiro atoms. The van der Waals surface area contributed by atoms with Crippen molar-refractivity contribution in [3.8, 4) is 0 Å². The first-order chi connectivity index (χ1) is 15.7. The molecule has 7 heteroatoms. The van der Waals surface area contributed by atoms with Gasteiger partial charge in [-0.15, -0.1) is 0 Å². The normalized spacial score (nSPS) is 11.3. The van der Waals surface area contributed by atoms with E-state index in [-0.39, 0.29) is 10.8 Å². The molecule has 0 heterocycles. The number of carbonyl (C=O) groups excluding carboxylic acids is 1. The Balaban J connectivity index is 1.62. The van der Waals surface area contributed by atoms with Gasteiger partial charge in [0, 0.05) is 29.3 Å². The van der Waals surface area contributed by atoms with Crippen molar-refractivity contribution in [3.05, 3.63) is 94.0 Å². The van der Waals surface area contributed by atoms with E-state index in [0.717, 1.165) is 22.6 Å². The summed E-state index contributed by atoms with van der Waals surface area (Å²) >= 11 is 1.75. The Morgan fingerprint density at radius 1 is 0.879 bits per heavy atom. The van der Waals surface area contributed by atoms with Crippen molar-refractivity contribution in [2.45, 2.75) is 38.3 Å². The highest BCUT2D eigenvalue weighted by molar-refractivity contribution is 7.98. The smallest absolute Gasteiger partial charge is 0.262 e. The zero-order valence-corrected chi connectivity index (χ0v) is 21.1. The van der Waals surface area contributed by atoms with Crippen LogP contribution in [0.4, 0.5) is 5.69 Å². The Labute approximate surface area is 201 Å². The lowest BCUT2D eigenvalue weighted by molar-refractivity contribution is 0.0956.